The Morgan fingerprint density at radius 1 is 1.52 bits per heavy atom. The minimum absolute atomic E-state index is 0.209. The topological polar surface area (TPSA) is 65.2 Å². The van der Waals surface area contributed by atoms with Crippen LogP contribution in [0.3, 0.4) is 0 Å². The summed E-state index contributed by atoms with van der Waals surface area (Å²) in [5.41, 5.74) is 8.97. The highest BCUT2D eigenvalue weighted by Gasteiger charge is 2.28. The van der Waals surface area contributed by atoms with Gasteiger partial charge in [-0.3, -0.25) is 0 Å². The molecule has 2 aromatic heterocycles. The van der Waals surface area contributed by atoms with E-state index in [-0.39, 0.29) is 10.7 Å². The number of carbonyl (C=O) groups excluding carboxylic acids is 1. The number of hydrogen-bond acceptors (Lipinski definition) is 6. The second kappa shape index (κ2) is 5.18. The molecule has 1 aliphatic rings. The molecule has 0 aliphatic carbocycles. The minimum atomic E-state index is -0.356. The molecule has 0 fully saturated rings. The number of esters is 1. The highest BCUT2D eigenvalue weighted by Crippen LogP contribution is 2.41. The fourth-order valence-electron chi connectivity index (χ4n) is 2.47. The van der Waals surface area contributed by atoms with Crippen LogP contribution in [-0.4, -0.2) is 22.3 Å². The lowest BCUT2D eigenvalue weighted by molar-refractivity contribution is 0.0533. The minimum Gasteiger partial charge on any atom is -0.462 e. The van der Waals surface area contributed by atoms with E-state index in [0.29, 0.717) is 17.2 Å². The number of fused-ring (bicyclic) bond motifs is 2. The quantitative estimate of drug-likeness (QED) is 0.855. The third-order valence-electron chi connectivity index (χ3n) is 3.56. The summed E-state index contributed by atoms with van der Waals surface area (Å²) < 4.78 is 5.27. The van der Waals surface area contributed by atoms with E-state index in [4.69, 9.17) is 15.5 Å². The normalized spacial score (nSPS) is 16.7. The Hall–Kier alpha value is -1.27. The monoisotopic (exact) mass is 322 g/mol. The summed E-state index contributed by atoms with van der Waals surface area (Å²) >= 11 is 3.26. The zero-order valence-corrected chi connectivity index (χ0v) is 14.0. The van der Waals surface area contributed by atoms with Crippen LogP contribution in [0.4, 0.5) is 5.69 Å². The number of nitrogen functional groups attached to an aromatic ring is 1. The standard InChI is InChI=1S/C15H18N2O2S2/c1-4-19-14(18)12-11(16)9-5-8-7-20-15(2,3)6-10(8)17-13(9)21-12/h5H,4,6-7,16H2,1-3H3. The molecular formula is C15H18N2O2S2. The molecule has 0 unspecified atom stereocenters. The molecule has 0 atom stereocenters. The molecule has 0 amide bonds. The summed E-state index contributed by atoms with van der Waals surface area (Å²) in [6, 6.07) is 2.09. The Kier molecular flexibility index (Phi) is 3.61. The van der Waals surface area contributed by atoms with Gasteiger partial charge in [0.25, 0.3) is 0 Å². The molecule has 0 spiro atoms. The van der Waals surface area contributed by atoms with Gasteiger partial charge >= 0.3 is 5.97 Å². The van der Waals surface area contributed by atoms with Crippen LogP contribution in [0.1, 0.15) is 41.7 Å². The molecule has 2 N–H and O–H groups in total. The molecule has 0 saturated heterocycles. The highest BCUT2D eigenvalue weighted by molar-refractivity contribution is 7.99. The number of carbonyl (C=O) groups is 1. The number of thioether (sulfide) groups is 1. The molecule has 2 aromatic rings. The molecular weight excluding hydrogens is 304 g/mol. The first-order valence-corrected chi connectivity index (χ1v) is 8.73. The molecule has 3 rings (SSSR count). The number of pyridine rings is 1. The van der Waals surface area contributed by atoms with Gasteiger partial charge in [0.2, 0.25) is 0 Å². The second-order valence-electron chi connectivity index (χ2n) is 5.74. The van der Waals surface area contributed by atoms with Crippen LogP contribution in [0.2, 0.25) is 0 Å². The molecule has 6 heteroatoms. The number of ether oxygens (including phenoxy) is 1. The summed E-state index contributed by atoms with van der Waals surface area (Å²) in [4.78, 5) is 18.0. The van der Waals surface area contributed by atoms with Gasteiger partial charge < -0.3 is 10.5 Å². The van der Waals surface area contributed by atoms with Crippen molar-refractivity contribution in [1.29, 1.82) is 0 Å². The van der Waals surface area contributed by atoms with Crippen LogP contribution >= 0.6 is 23.1 Å². The lowest BCUT2D eigenvalue weighted by atomic mass is 10.0. The number of aromatic nitrogens is 1. The lowest BCUT2D eigenvalue weighted by Crippen LogP contribution is -2.24. The van der Waals surface area contributed by atoms with E-state index in [0.717, 1.165) is 28.1 Å². The van der Waals surface area contributed by atoms with Crippen molar-refractivity contribution in [2.24, 2.45) is 0 Å². The molecule has 112 valence electrons. The van der Waals surface area contributed by atoms with Crippen molar-refractivity contribution in [1.82, 2.24) is 4.98 Å². The van der Waals surface area contributed by atoms with Gasteiger partial charge in [0, 0.05) is 28.0 Å². The van der Waals surface area contributed by atoms with Crippen molar-refractivity contribution in [2.45, 2.75) is 37.7 Å². The van der Waals surface area contributed by atoms with Crippen LogP contribution in [-0.2, 0) is 16.9 Å². The van der Waals surface area contributed by atoms with Gasteiger partial charge in [-0.2, -0.15) is 11.8 Å². The van der Waals surface area contributed by atoms with Crippen molar-refractivity contribution in [2.75, 3.05) is 12.3 Å². The van der Waals surface area contributed by atoms with Gasteiger partial charge in [0.15, 0.2) is 0 Å². The maximum Gasteiger partial charge on any atom is 0.350 e. The van der Waals surface area contributed by atoms with E-state index in [9.17, 15) is 4.79 Å². The number of nitrogens with two attached hydrogens (primary N) is 1. The fraction of sp³-hybridized carbons (Fsp3) is 0.467. The van der Waals surface area contributed by atoms with Gasteiger partial charge in [-0.15, -0.1) is 11.3 Å². The Morgan fingerprint density at radius 3 is 3.00 bits per heavy atom. The predicted molar refractivity (Wildman–Crippen MR) is 89.1 cm³/mol. The molecule has 3 heterocycles. The van der Waals surface area contributed by atoms with E-state index < -0.39 is 0 Å². The van der Waals surface area contributed by atoms with Crippen molar-refractivity contribution in [3.8, 4) is 0 Å². The molecule has 4 nitrogen and oxygen atoms in total. The number of rotatable bonds is 2. The van der Waals surface area contributed by atoms with Crippen LogP contribution < -0.4 is 5.73 Å². The first-order chi connectivity index (χ1) is 9.91. The summed E-state index contributed by atoms with van der Waals surface area (Å²) in [5, 5.41) is 0.877. The van der Waals surface area contributed by atoms with Gasteiger partial charge in [-0.1, -0.05) is 13.8 Å². The van der Waals surface area contributed by atoms with E-state index in [1.54, 1.807) is 6.92 Å². The van der Waals surface area contributed by atoms with Crippen LogP contribution in [0, 0.1) is 0 Å². The third kappa shape index (κ3) is 2.62. The number of hydrogen-bond donors (Lipinski definition) is 1. The van der Waals surface area contributed by atoms with Crippen molar-refractivity contribution in [3.05, 3.63) is 22.2 Å². The first kappa shape index (κ1) is 14.7. The SMILES string of the molecule is CCOC(=O)c1sc2nc3c(cc2c1N)CSC(C)(C)C3. The average molecular weight is 322 g/mol. The molecule has 0 bridgehead atoms. The Labute approximate surface area is 132 Å². The predicted octanol–water partition coefficient (Wildman–Crippen LogP) is 3.62. The second-order valence-corrected chi connectivity index (χ2v) is 8.42. The van der Waals surface area contributed by atoms with Gasteiger partial charge in [-0.05, 0) is 18.6 Å². The first-order valence-electron chi connectivity index (χ1n) is 6.93. The summed E-state index contributed by atoms with van der Waals surface area (Å²) in [6.07, 6.45) is 0.940. The molecule has 0 aromatic carbocycles. The Balaban J connectivity index is 2.09. The molecule has 0 saturated carbocycles. The summed E-state index contributed by atoms with van der Waals surface area (Å²) in [7, 11) is 0. The van der Waals surface area contributed by atoms with E-state index in [2.05, 4.69) is 19.9 Å². The zero-order chi connectivity index (χ0) is 15.2. The van der Waals surface area contributed by atoms with Crippen molar-refractivity contribution >= 4 is 45.0 Å². The van der Waals surface area contributed by atoms with Crippen molar-refractivity contribution < 1.29 is 9.53 Å². The fourth-order valence-corrected chi connectivity index (χ4v) is 4.50. The highest BCUT2D eigenvalue weighted by atomic mass is 32.2. The Bertz CT molecular complexity index is 722. The third-order valence-corrected chi connectivity index (χ3v) is 6.04. The maximum absolute atomic E-state index is 11.9. The Morgan fingerprint density at radius 2 is 2.29 bits per heavy atom. The van der Waals surface area contributed by atoms with E-state index in [1.165, 1.54) is 16.9 Å². The lowest BCUT2D eigenvalue weighted by Gasteiger charge is -2.29. The van der Waals surface area contributed by atoms with Crippen molar-refractivity contribution in [3.63, 3.8) is 0 Å². The van der Waals surface area contributed by atoms with Gasteiger partial charge in [0.05, 0.1) is 12.3 Å². The summed E-state index contributed by atoms with van der Waals surface area (Å²) in [6.45, 7) is 6.61. The van der Waals surface area contributed by atoms with Crippen LogP contribution in [0.15, 0.2) is 6.07 Å². The van der Waals surface area contributed by atoms with Gasteiger partial charge in [0.1, 0.15) is 9.71 Å². The molecule has 0 radical (unpaired) electrons. The van der Waals surface area contributed by atoms with Gasteiger partial charge in [-0.25, -0.2) is 9.78 Å². The number of anilines is 1. The molecule has 1 aliphatic heterocycles. The largest absolute Gasteiger partial charge is 0.462 e. The number of nitrogens with zero attached hydrogens (tertiary/aromatic N) is 1. The number of thiophene rings is 1. The maximum atomic E-state index is 11.9. The van der Waals surface area contributed by atoms with Crippen LogP contribution in [0.5, 0.6) is 0 Å². The average Bonchev–Trinajstić information content (AvgIpc) is 2.73. The van der Waals surface area contributed by atoms with E-state index in [1.807, 2.05) is 11.8 Å². The smallest absolute Gasteiger partial charge is 0.350 e. The summed E-state index contributed by atoms with van der Waals surface area (Å²) in [5.74, 6) is 0.584. The zero-order valence-electron chi connectivity index (χ0n) is 12.4. The van der Waals surface area contributed by atoms with Crippen LogP contribution in [0.25, 0.3) is 10.2 Å². The van der Waals surface area contributed by atoms with E-state index >= 15 is 0 Å². The molecule has 21 heavy (non-hydrogen) atoms.